The fraction of sp³-hybridized carbons (Fsp3) is 0.222. The quantitative estimate of drug-likeness (QED) is 0.343. The molecule has 1 amide bonds. The van der Waals surface area contributed by atoms with Crippen molar-refractivity contribution in [2.24, 2.45) is 10.7 Å². The first-order valence-electron chi connectivity index (χ1n) is 7.74. The zero-order chi connectivity index (χ0) is 17.4. The number of amides is 1. The van der Waals surface area contributed by atoms with Crippen LogP contribution in [-0.4, -0.2) is 18.4 Å². The van der Waals surface area contributed by atoms with Crippen molar-refractivity contribution in [1.29, 1.82) is 0 Å². The Morgan fingerprint density at radius 2 is 1.80 bits per heavy atom. The van der Waals surface area contributed by atoms with Crippen LogP contribution in [0.2, 0.25) is 5.02 Å². The number of rotatable bonds is 6. The lowest BCUT2D eigenvalue weighted by atomic mass is 10.1. The molecular weight excluding hydrogens is 451 g/mol. The van der Waals surface area contributed by atoms with Crippen LogP contribution >= 0.6 is 35.6 Å². The average molecular weight is 473 g/mol. The fourth-order valence-corrected chi connectivity index (χ4v) is 2.31. The molecule has 2 aromatic rings. The molecule has 2 rings (SSSR count). The van der Waals surface area contributed by atoms with Gasteiger partial charge in [-0.15, -0.1) is 24.0 Å². The van der Waals surface area contributed by atoms with Crippen LogP contribution in [0.25, 0.3) is 0 Å². The highest BCUT2D eigenvalue weighted by atomic mass is 127. The number of carbonyl (C=O) groups is 1. The number of guanidine groups is 1. The summed E-state index contributed by atoms with van der Waals surface area (Å²) in [5.41, 5.74) is 7.73. The lowest BCUT2D eigenvalue weighted by molar-refractivity contribution is 0.100. The zero-order valence-electron chi connectivity index (χ0n) is 14.0. The molecule has 7 heteroatoms. The van der Waals surface area contributed by atoms with Gasteiger partial charge in [-0.3, -0.25) is 4.79 Å². The molecule has 25 heavy (non-hydrogen) atoms. The second kappa shape index (κ2) is 10.9. The lowest BCUT2D eigenvalue weighted by Crippen LogP contribution is -2.36. The number of halogens is 2. The minimum Gasteiger partial charge on any atom is -0.366 e. The van der Waals surface area contributed by atoms with E-state index in [0.717, 1.165) is 22.7 Å². The van der Waals surface area contributed by atoms with Crippen molar-refractivity contribution in [1.82, 2.24) is 10.6 Å². The first-order valence-corrected chi connectivity index (χ1v) is 8.12. The second-order valence-corrected chi connectivity index (χ2v) is 5.61. The Kier molecular flexibility index (Phi) is 9.30. The number of nitrogens with two attached hydrogens (primary N) is 1. The zero-order valence-corrected chi connectivity index (χ0v) is 17.0. The van der Waals surface area contributed by atoms with E-state index in [1.807, 2.05) is 43.3 Å². The van der Waals surface area contributed by atoms with Gasteiger partial charge in [0, 0.05) is 23.7 Å². The topological polar surface area (TPSA) is 79.5 Å². The van der Waals surface area contributed by atoms with Gasteiger partial charge in [-0.25, -0.2) is 4.99 Å². The van der Waals surface area contributed by atoms with Crippen LogP contribution in [0.15, 0.2) is 53.5 Å². The maximum atomic E-state index is 11.1. The fourth-order valence-electron chi connectivity index (χ4n) is 2.11. The van der Waals surface area contributed by atoms with Crippen molar-refractivity contribution in [2.75, 3.05) is 6.54 Å². The van der Waals surface area contributed by atoms with Crippen LogP contribution in [0.5, 0.6) is 0 Å². The maximum absolute atomic E-state index is 11.1. The number of nitrogens with zero attached hydrogens (tertiary/aromatic N) is 1. The molecule has 0 unspecified atom stereocenters. The van der Waals surface area contributed by atoms with Crippen molar-refractivity contribution in [3.05, 3.63) is 70.2 Å². The lowest BCUT2D eigenvalue weighted by Gasteiger charge is -2.12. The first-order chi connectivity index (χ1) is 11.6. The van der Waals surface area contributed by atoms with E-state index in [1.165, 1.54) is 0 Å². The van der Waals surface area contributed by atoms with E-state index < -0.39 is 5.91 Å². The Bertz CT molecular complexity index is 719. The van der Waals surface area contributed by atoms with Crippen molar-refractivity contribution in [3.8, 4) is 0 Å². The van der Waals surface area contributed by atoms with Crippen LogP contribution in [0.1, 0.15) is 28.4 Å². The van der Waals surface area contributed by atoms with Gasteiger partial charge in [-0.05, 0) is 36.2 Å². The van der Waals surface area contributed by atoms with Crippen molar-refractivity contribution >= 4 is 47.4 Å². The Morgan fingerprint density at radius 1 is 1.12 bits per heavy atom. The summed E-state index contributed by atoms with van der Waals surface area (Å²) in [6.07, 6.45) is 0. The smallest absolute Gasteiger partial charge is 0.248 e. The average Bonchev–Trinajstić information content (AvgIpc) is 2.59. The Balaban J connectivity index is 0.00000312. The highest BCUT2D eigenvalue weighted by molar-refractivity contribution is 14.0. The molecular formula is C18H22ClIN4O. The molecule has 4 N–H and O–H groups in total. The Hall–Kier alpha value is -1.80. The third-order valence-electron chi connectivity index (χ3n) is 3.41. The minimum absolute atomic E-state index is 0. The van der Waals surface area contributed by atoms with Gasteiger partial charge in [0.05, 0.1) is 6.54 Å². The largest absolute Gasteiger partial charge is 0.366 e. The molecule has 0 aliphatic heterocycles. The van der Waals surface area contributed by atoms with Crippen molar-refractivity contribution in [3.63, 3.8) is 0 Å². The SMILES string of the molecule is CCNC(=NCc1ccc(C(N)=O)cc1)NCc1ccccc1Cl.I. The summed E-state index contributed by atoms with van der Waals surface area (Å²) in [7, 11) is 0. The van der Waals surface area contributed by atoms with Gasteiger partial charge in [-0.1, -0.05) is 41.9 Å². The molecule has 0 heterocycles. The van der Waals surface area contributed by atoms with E-state index in [-0.39, 0.29) is 24.0 Å². The standard InChI is InChI=1S/C18H21ClN4O.HI/c1-2-21-18(23-12-15-5-3-4-6-16(15)19)22-11-13-7-9-14(10-8-13)17(20)24;/h3-10H,2,11-12H2,1H3,(H2,20,24)(H2,21,22,23);1H. The van der Waals surface area contributed by atoms with E-state index in [9.17, 15) is 4.79 Å². The van der Waals surface area contributed by atoms with Crippen LogP contribution in [0, 0.1) is 0 Å². The van der Waals surface area contributed by atoms with Gasteiger partial charge >= 0.3 is 0 Å². The van der Waals surface area contributed by atoms with Gasteiger partial charge < -0.3 is 16.4 Å². The summed E-state index contributed by atoms with van der Waals surface area (Å²) in [5, 5.41) is 7.18. The minimum atomic E-state index is -0.431. The second-order valence-electron chi connectivity index (χ2n) is 5.20. The molecule has 2 aromatic carbocycles. The predicted molar refractivity (Wildman–Crippen MR) is 113 cm³/mol. The number of benzene rings is 2. The van der Waals surface area contributed by atoms with E-state index >= 15 is 0 Å². The summed E-state index contributed by atoms with van der Waals surface area (Å²) in [6.45, 7) is 3.85. The number of carbonyl (C=O) groups excluding carboxylic acids is 1. The van der Waals surface area contributed by atoms with Crippen molar-refractivity contribution in [2.45, 2.75) is 20.0 Å². The molecule has 0 fully saturated rings. The molecule has 0 atom stereocenters. The highest BCUT2D eigenvalue weighted by Crippen LogP contribution is 2.14. The monoisotopic (exact) mass is 472 g/mol. The van der Waals surface area contributed by atoms with E-state index in [0.29, 0.717) is 24.6 Å². The Labute approximate surface area is 170 Å². The summed E-state index contributed by atoms with van der Waals surface area (Å²) >= 11 is 6.16. The van der Waals surface area contributed by atoms with Crippen LogP contribution in [0.4, 0.5) is 0 Å². The molecule has 0 spiro atoms. The summed E-state index contributed by atoms with van der Waals surface area (Å²) in [6, 6.07) is 14.8. The van der Waals surface area contributed by atoms with E-state index in [1.54, 1.807) is 12.1 Å². The van der Waals surface area contributed by atoms with Gasteiger partial charge in [0.1, 0.15) is 0 Å². The molecule has 5 nitrogen and oxygen atoms in total. The number of aliphatic imine (C=N–C) groups is 1. The molecule has 0 aliphatic carbocycles. The molecule has 0 aromatic heterocycles. The number of primary amides is 1. The Morgan fingerprint density at radius 3 is 2.40 bits per heavy atom. The molecule has 0 saturated carbocycles. The first kappa shape index (κ1) is 21.2. The van der Waals surface area contributed by atoms with Crippen LogP contribution in [0.3, 0.4) is 0 Å². The summed E-state index contributed by atoms with van der Waals surface area (Å²) < 4.78 is 0. The van der Waals surface area contributed by atoms with E-state index in [4.69, 9.17) is 17.3 Å². The van der Waals surface area contributed by atoms with Gasteiger partial charge in [0.25, 0.3) is 0 Å². The number of nitrogens with one attached hydrogen (secondary N) is 2. The molecule has 0 radical (unpaired) electrons. The summed E-state index contributed by atoms with van der Waals surface area (Å²) in [4.78, 5) is 15.6. The van der Waals surface area contributed by atoms with Gasteiger partial charge in [0.15, 0.2) is 5.96 Å². The van der Waals surface area contributed by atoms with Gasteiger partial charge in [-0.2, -0.15) is 0 Å². The van der Waals surface area contributed by atoms with Gasteiger partial charge in [0.2, 0.25) is 5.91 Å². The normalized spacial score (nSPS) is 10.7. The highest BCUT2D eigenvalue weighted by Gasteiger charge is 2.03. The predicted octanol–water partition coefficient (Wildman–Crippen LogP) is 3.31. The third-order valence-corrected chi connectivity index (χ3v) is 3.78. The summed E-state index contributed by atoms with van der Waals surface area (Å²) in [5.74, 6) is 0.274. The van der Waals surface area contributed by atoms with Crippen LogP contribution in [-0.2, 0) is 13.1 Å². The van der Waals surface area contributed by atoms with E-state index in [2.05, 4.69) is 15.6 Å². The maximum Gasteiger partial charge on any atom is 0.248 e. The molecule has 0 saturated heterocycles. The molecule has 0 bridgehead atoms. The molecule has 0 aliphatic rings. The number of hydrogen-bond acceptors (Lipinski definition) is 2. The van der Waals surface area contributed by atoms with Crippen LogP contribution < -0.4 is 16.4 Å². The third kappa shape index (κ3) is 6.91. The number of hydrogen-bond donors (Lipinski definition) is 3. The van der Waals surface area contributed by atoms with Crippen molar-refractivity contribution < 1.29 is 4.79 Å². The molecule has 134 valence electrons.